The molecule has 2 unspecified atom stereocenters. The molecular weight excluding hydrogens is 753 g/mol. The lowest BCUT2D eigenvalue weighted by atomic mass is 10.1. The Bertz CT molecular complexity index is 1370. The van der Waals surface area contributed by atoms with Crippen LogP contribution in [0, 0.1) is 0 Å². The number of hydrogen-bond acceptors (Lipinski definition) is 6. The van der Waals surface area contributed by atoms with E-state index in [-0.39, 0.29) is 30.9 Å². The predicted octanol–water partition coefficient (Wildman–Crippen LogP) is 11.6. The highest BCUT2D eigenvalue weighted by molar-refractivity contribution is 5.87. The molecule has 0 heterocycles. The lowest BCUT2D eigenvalue weighted by Crippen LogP contribution is -2.47. The van der Waals surface area contributed by atoms with Gasteiger partial charge < -0.3 is 25.6 Å². The molecule has 0 aliphatic rings. The summed E-state index contributed by atoms with van der Waals surface area (Å²) in [6.07, 6.45) is 59.9. The summed E-state index contributed by atoms with van der Waals surface area (Å²) in [5.41, 5.74) is 0. The molecule has 0 rings (SSSR count). The van der Waals surface area contributed by atoms with Crippen molar-refractivity contribution in [2.45, 2.75) is 174 Å². The summed E-state index contributed by atoms with van der Waals surface area (Å²) in [5.74, 6) is -2.53. The Morgan fingerprint density at radius 2 is 0.950 bits per heavy atom. The third-order valence-electron chi connectivity index (χ3n) is 9.25. The molecule has 0 spiro atoms. The second kappa shape index (κ2) is 44.1. The van der Waals surface area contributed by atoms with Crippen LogP contribution in [-0.4, -0.2) is 59.3 Å². The number of carbonyl (C=O) groups is 4. The van der Waals surface area contributed by atoms with E-state index < -0.39 is 24.5 Å². The van der Waals surface area contributed by atoms with Gasteiger partial charge in [-0.25, -0.2) is 4.79 Å². The SMILES string of the molecule is CC/C=C\C/C=C\C/C=C\C/C=C\C/C=C\CCCCCCCCCC(=O)OC(/C=C\C/C=C\C/C=C\C/C=C\CC)CCCCCC(=O)NCC(=O)NC(CO)C(=O)O. The third kappa shape index (κ3) is 40.3. The average Bonchev–Trinajstić information content (AvgIpc) is 3.23. The molecule has 2 amide bonds. The van der Waals surface area contributed by atoms with Crippen LogP contribution in [0.2, 0.25) is 0 Å². The van der Waals surface area contributed by atoms with Crippen LogP contribution < -0.4 is 10.6 Å². The number of carboxylic acid groups (broad SMARTS) is 1. The molecule has 0 aliphatic heterocycles. The molecule has 0 fully saturated rings. The summed E-state index contributed by atoms with van der Waals surface area (Å²) in [4.78, 5) is 47.7. The van der Waals surface area contributed by atoms with E-state index in [0.29, 0.717) is 19.3 Å². The van der Waals surface area contributed by atoms with Gasteiger partial charge in [-0.15, -0.1) is 0 Å². The summed E-state index contributed by atoms with van der Waals surface area (Å²) in [6.45, 7) is 3.18. The van der Waals surface area contributed by atoms with Crippen molar-refractivity contribution in [3.8, 4) is 0 Å². The molecule has 336 valence electrons. The monoisotopic (exact) mass is 833 g/mol. The highest BCUT2D eigenvalue weighted by atomic mass is 16.5. The van der Waals surface area contributed by atoms with Crippen molar-refractivity contribution < 1.29 is 34.1 Å². The van der Waals surface area contributed by atoms with Gasteiger partial charge in [0.2, 0.25) is 11.8 Å². The molecule has 0 aromatic heterocycles. The van der Waals surface area contributed by atoms with Gasteiger partial charge in [-0.2, -0.15) is 0 Å². The average molecular weight is 833 g/mol. The zero-order valence-electron chi connectivity index (χ0n) is 37.2. The topological polar surface area (TPSA) is 142 Å². The van der Waals surface area contributed by atoms with Crippen LogP contribution in [0.5, 0.6) is 0 Å². The lowest BCUT2D eigenvalue weighted by molar-refractivity contribution is -0.147. The van der Waals surface area contributed by atoms with Crippen LogP contribution >= 0.6 is 0 Å². The summed E-state index contributed by atoms with van der Waals surface area (Å²) in [6, 6.07) is -1.41. The number of amides is 2. The Balaban J connectivity index is 4.39. The van der Waals surface area contributed by atoms with Gasteiger partial charge >= 0.3 is 11.9 Å². The fourth-order valence-corrected chi connectivity index (χ4v) is 5.83. The number of carbonyl (C=O) groups excluding carboxylic acids is 3. The lowest BCUT2D eigenvalue weighted by Gasteiger charge is -2.15. The maximum Gasteiger partial charge on any atom is 0.328 e. The molecule has 4 N–H and O–H groups in total. The van der Waals surface area contributed by atoms with E-state index in [4.69, 9.17) is 14.9 Å². The quantitative estimate of drug-likeness (QED) is 0.0274. The molecule has 0 radical (unpaired) electrons. The second-order valence-corrected chi connectivity index (χ2v) is 14.7. The molecule has 0 saturated heterocycles. The molecule has 0 aliphatic carbocycles. The van der Waals surface area contributed by atoms with Crippen LogP contribution in [-0.2, 0) is 23.9 Å². The number of aliphatic hydroxyl groups is 1. The van der Waals surface area contributed by atoms with E-state index in [1.54, 1.807) is 0 Å². The van der Waals surface area contributed by atoms with Crippen molar-refractivity contribution in [1.29, 1.82) is 0 Å². The van der Waals surface area contributed by atoms with Gasteiger partial charge in [-0.3, -0.25) is 14.4 Å². The van der Waals surface area contributed by atoms with Gasteiger partial charge in [0, 0.05) is 12.8 Å². The van der Waals surface area contributed by atoms with Crippen LogP contribution in [0.1, 0.15) is 162 Å². The normalized spacial score (nSPS) is 13.5. The first-order valence-corrected chi connectivity index (χ1v) is 22.8. The Labute approximate surface area is 363 Å². The van der Waals surface area contributed by atoms with Gasteiger partial charge in [0.25, 0.3) is 0 Å². The number of nitrogens with one attached hydrogen (secondary N) is 2. The number of carboxylic acids is 1. The highest BCUT2D eigenvalue weighted by Crippen LogP contribution is 2.14. The summed E-state index contributed by atoms with van der Waals surface area (Å²) >= 11 is 0. The Morgan fingerprint density at radius 3 is 1.45 bits per heavy atom. The standard InChI is InChI=1S/C51H80N2O7/c1-3-5-7-9-11-13-15-16-17-18-19-20-21-22-23-24-25-26-28-30-32-34-39-43-50(57)60-46(40-36-33-31-29-27-14-12-10-8-6-4-2)41-37-35-38-42-48(55)52-44-49(56)53-47(45-54)51(58)59/h5-8,11-14,16-17,19-20,22-23,29,31,36,40,46-47,54H,3-4,9-10,15,18,21,24-28,30,32-35,37-39,41-45H2,1-2H3,(H,52,55)(H,53,56)(H,58,59)/b7-5-,8-6-,13-11-,14-12-,17-16-,20-19-,23-22-,31-29-,40-36-. The van der Waals surface area contributed by atoms with Crippen molar-refractivity contribution in [2.75, 3.05) is 13.2 Å². The zero-order valence-corrected chi connectivity index (χ0v) is 37.2. The number of hydrogen-bond donors (Lipinski definition) is 4. The number of ether oxygens (including phenoxy) is 1. The minimum absolute atomic E-state index is 0.177. The number of unbranched alkanes of at least 4 members (excludes halogenated alkanes) is 9. The highest BCUT2D eigenvalue weighted by Gasteiger charge is 2.18. The van der Waals surface area contributed by atoms with Gasteiger partial charge in [0.1, 0.15) is 12.1 Å². The summed E-state index contributed by atoms with van der Waals surface area (Å²) in [5, 5.41) is 22.6. The van der Waals surface area contributed by atoms with Crippen molar-refractivity contribution in [2.24, 2.45) is 0 Å². The first kappa shape index (κ1) is 55.5. The van der Waals surface area contributed by atoms with Crippen LogP contribution in [0.3, 0.4) is 0 Å². The number of aliphatic hydroxyl groups excluding tert-OH is 1. The Kier molecular flexibility index (Phi) is 40.8. The van der Waals surface area contributed by atoms with E-state index in [9.17, 15) is 19.2 Å². The Morgan fingerprint density at radius 1 is 0.517 bits per heavy atom. The maximum absolute atomic E-state index is 12.8. The van der Waals surface area contributed by atoms with Crippen molar-refractivity contribution in [3.05, 3.63) is 109 Å². The van der Waals surface area contributed by atoms with Crippen molar-refractivity contribution in [1.82, 2.24) is 10.6 Å². The maximum atomic E-state index is 12.8. The molecule has 0 aromatic carbocycles. The first-order chi connectivity index (χ1) is 29.3. The van der Waals surface area contributed by atoms with Crippen molar-refractivity contribution in [3.63, 3.8) is 0 Å². The fraction of sp³-hybridized carbons (Fsp3) is 0.569. The number of rotatable bonds is 39. The second-order valence-electron chi connectivity index (χ2n) is 14.7. The zero-order chi connectivity index (χ0) is 44.0. The fourth-order valence-electron chi connectivity index (χ4n) is 5.83. The number of allylic oxidation sites excluding steroid dienone is 17. The molecular formula is C51H80N2O7. The predicted molar refractivity (Wildman–Crippen MR) is 249 cm³/mol. The van der Waals surface area contributed by atoms with E-state index in [1.165, 1.54) is 25.7 Å². The van der Waals surface area contributed by atoms with E-state index in [2.05, 4.69) is 122 Å². The molecule has 2 atom stereocenters. The summed E-state index contributed by atoms with van der Waals surface area (Å²) in [7, 11) is 0. The molecule has 9 heteroatoms. The van der Waals surface area contributed by atoms with Gasteiger partial charge in [0.15, 0.2) is 0 Å². The number of aliphatic carboxylic acids is 1. The molecule has 0 aromatic rings. The van der Waals surface area contributed by atoms with Gasteiger partial charge in [0.05, 0.1) is 13.2 Å². The van der Waals surface area contributed by atoms with E-state index in [1.807, 2.05) is 12.2 Å². The minimum Gasteiger partial charge on any atom is -0.480 e. The molecule has 60 heavy (non-hydrogen) atoms. The third-order valence-corrected chi connectivity index (χ3v) is 9.25. The van der Waals surface area contributed by atoms with Crippen LogP contribution in [0.25, 0.3) is 0 Å². The van der Waals surface area contributed by atoms with Crippen molar-refractivity contribution >= 4 is 23.8 Å². The molecule has 9 nitrogen and oxygen atoms in total. The molecule has 0 saturated carbocycles. The smallest absolute Gasteiger partial charge is 0.328 e. The van der Waals surface area contributed by atoms with Crippen LogP contribution in [0.15, 0.2) is 109 Å². The first-order valence-electron chi connectivity index (χ1n) is 22.8. The van der Waals surface area contributed by atoms with Crippen LogP contribution in [0.4, 0.5) is 0 Å². The summed E-state index contributed by atoms with van der Waals surface area (Å²) < 4.78 is 5.87. The largest absolute Gasteiger partial charge is 0.480 e. The van der Waals surface area contributed by atoms with Gasteiger partial charge in [-0.1, -0.05) is 156 Å². The Hall–Kier alpha value is -4.50. The molecule has 0 bridgehead atoms. The van der Waals surface area contributed by atoms with Gasteiger partial charge in [-0.05, 0) is 102 Å². The minimum atomic E-state index is -1.41. The van der Waals surface area contributed by atoms with E-state index in [0.717, 1.165) is 96.3 Å². The van der Waals surface area contributed by atoms with E-state index >= 15 is 0 Å². The number of esters is 1.